The Hall–Kier alpha value is -3.47. The molecule has 0 N–H and O–H groups in total. The maximum Gasteiger partial charge on any atom is 0.118 e. The van der Waals surface area contributed by atoms with Gasteiger partial charge in [0.2, 0.25) is 0 Å². The van der Waals surface area contributed by atoms with E-state index in [9.17, 15) is 0 Å². The Bertz CT molecular complexity index is 1170. The molecule has 4 nitrogen and oxygen atoms in total. The zero-order valence-electron chi connectivity index (χ0n) is 22.3. The molecule has 0 radical (unpaired) electrons. The molecule has 5 rings (SSSR count). The number of ether oxygens (including phenoxy) is 2. The Labute approximate surface area is 227 Å². The third-order valence-electron chi connectivity index (χ3n) is 7.28. The molecule has 1 heterocycles. The van der Waals surface area contributed by atoms with Gasteiger partial charge in [-0.2, -0.15) is 0 Å². The Balaban J connectivity index is 1.31. The fourth-order valence-electron chi connectivity index (χ4n) is 5.09. The van der Waals surface area contributed by atoms with E-state index in [0.717, 1.165) is 43.8 Å². The smallest absolute Gasteiger partial charge is 0.118 e. The van der Waals surface area contributed by atoms with E-state index in [1.54, 1.807) is 7.11 Å². The topological polar surface area (TPSA) is 34.6 Å². The first kappa shape index (κ1) is 26.1. The minimum Gasteiger partial charge on any atom is -0.497 e. The van der Waals surface area contributed by atoms with Crippen LogP contribution >= 0.6 is 0 Å². The molecular formula is C34H38N2O2. The van der Waals surface area contributed by atoms with Crippen molar-refractivity contribution < 1.29 is 9.47 Å². The predicted molar refractivity (Wildman–Crippen MR) is 153 cm³/mol. The summed E-state index contributed by atoms with van der Waals surface area (Å²) in [5.41, 5.74) is 4.79. The average molecular weight is 507 g/mol. The molecule has 0 bridgehead atoms. The van der Waals surface area contributed by atoms with E-state index in [1.165, 1.54) is 29.5 Å². The van der Waals surface area contributed by atoms with Gasteiger partial charge in [0.1, 0.15) is 11.9 Å². The largest absolute Gasteiger partial charge is 0.497 e. The van der Waals surface area contributed by atoms with Crippen LogP contribution in [0.1, 0.15) is 54.2 Å². The van der Waals surface area contributed by atoms with E-state index in [4.69, 9.17) is 9.47 Å². The van der Waals surface area contributed by atoms with Crippen molar-refractivity contribution in [2.75, 3.05) is 13.7 Å². The predicted octanol–water partition coefficient (Wildman–Crippen LogP) is 7.25. The molecule has 1 aliphatic carbocycles. The Morgan fingerprint density at radius 1 is 0.816 bits per heavy atom. The third kappa shape index (κ3) is 7.53. The maximum absolute atomic E-state index is 7.00. The molecule has 196 valence electrons. The van der Waals surface area contributed by atoms with Gasteiger partial charge in [0.15, 0.2) is 0 Å². The van der Waals surface area contributed by atoms with Gasteiger partial charge in [0, 0.05) is 18.8 Å². The Morgan fingerprint density at radius 3 is 2.05 bits per heavy atom. The number of pyridine rings is 1. The number of nitrogens with zero attached hydrogens (tertiary/aromatic N) is 2. The quantitative estimate of drug-likeness (QED) is 0.180. The van der Waals surface area contributed by atoms with Gasteiger partial charge < -0.3 is 9.47 Å². The summed E-state index contributed by atoms with van der Waals surface area (Å²) in [6.07, 6.45) is 7.41. The van der Waals surface area contributed by atoms with Gasteiger partial charge in [-0.05, 0) is 79.6 Å². The van der Waals surface area contributed by atoms with E-state index in [1.807, 2.05) is 24.4 Å². The van der Waals surface area contributed by atoms with Crippen molar-refractivity contribution in [3.8, 4) is 5.75 Å². The SMILES string of the molecule is COc1ccc(CC(CCCN(Cc2ccccn2)C2CC2)OC(c2ccccc2)c2ccccc2)cc1. The molecule has 1 aliphatic rings. The van der Waals surface area contributed by atoms with E-state index in [-0.39, 0.29) is 12.2 Å². The molecule has 4 aromatic rings. The standard InChI is InChI=1S/C34H38N2O2/c1-37-32-21-17-27(18-22-32)25-33(16-10-24-36(31-19-20-31)26-30-15-8-9-23-35-30)38-34(28-11-4-2-5-12-28)29-13-6-3-7-14-29/h2-9,11-15,17-18,21-23,31,33-34H,10,16,19-20,24-26H2,1H3. The highest BCUT2D eigenvalue weighted by atomic mass is 16.5. The summed E-state index contributed by atoms with van der Waals surface area (Å²) in [7, 11) is 1.71. The molecule has 4 heteroatoms. The second kappa shape index (κ2) is 13.4. The van der Waals surface area contributed by atoms with E-state index < -0.39 is 0 Å². The molecule has 0 spiro atoms. The summed E-state index contributed by atoms with van der Waals surface area (Å²) in [4.78, 5) is 7.18. The Morgan fingerprint density at radius 2 is 1.47 bits per heavy atom. The molecule has 1 saturated carbocycles. The molecule has 0 saturated heterocycles. The number of hydrogen-bond acceptors (Lipinski definition) is 4. The fourth-order valence-corrected chi connectivity index (χ4v) is 5.09. The first-order valence-electron chi connectivity index (χ1n) is 13.8. The van der Waals surface area contributed by atoms with Crippen LogP contribution in [0, 0.1) is 0 Å². The first-order valence-corrected chi connectivity index (χ1v) is 13.8. The fraction of sp³-hybridized carbons (Fsp3) is 0.324. The lowest BCUT2D eigenvalue weighted by Crippen LogP contribution is -2.29. The molecule has 1 atom stereocenters. The molecule has 1 unspecified atom stereocenters. The van der Waals surface area contributed by atoms with E-state index >= 15 is 0 Å². The van der Waals surface area contributed by atoms with Crippen molar-refractivity contribution in [2.45, 2.75) is 56.9 Å². The summed E-state index contributed by atoms with van der Waals surface area (Å²) in [5.74, 6) is 0.882. The molecule has 1 aromatic heterocycles. The Kier molecular flexibility index (Phi) is 9.20. The van der Waals surface area contributed by atoms with Crippen molar-refractivity contribution in [2.24, 2.45) is 0 Å². The van der Waals surface area contributed by atoms with Crippen LogP contribution in [0.3, 0.4) is 0 Å². The highest BCUT2D eigenvalue weighted by Gasteiger charge is 2.29. The van der Waals surface area contributed by atoms with Crippen molar-refractivity contribution in [1.29, 1.82) is 0 Å². The van der Waals surface area contributed by atoms with Gasteiger partial charge in [-0.25, -0.2) is 0 Å². The van der Waals surface area contributed by atoms with Crippen LogP contribution in [0.4, 0.5) is 0 Å². The average Bonchev–Trinajstić information content (AvgIpc) is 3.83. The number of benzene rings is 3. The van der Waals surface area contributed by atoms with Crippen molar-refractivity contribution >= 4 is 0 Å². The number of aromatic nitrogens is 1. The van der Waals surface area contributed by atoms with Gasteiger partial charge in [-0.1, -0.05) is 78.9 Å². The van der Waals surface area contributed by atoms with Crippen LogP contribution < -0.4 is 4.74 Å². The molecule has 0 amide bonds. The summed E-state index contributed by atoms with van der Waals surface area (Å²) in [6.45, 7) is 1.98. The summed E-state index contributed by atoms with van der Waals surface area (Å²) < 4.78 is 12.4. The van der Waals surface area contributed by atoms with Crippen LogP contribution in [-0.4, -0.2) is 35.7 Å². The monoisotopic (exact) mass is 506 g/mol. The normalized spacial score (nSPS) is 14.1. The van der Waals surface area contributed by atoms with Gasteiger partial charge >= 0.3 is 0 Å². The lowest BCUT2D eigenvalue weighted by atomic mass is 9.99. The number of methoxy groups -OCH3 is 1. The minimum atomic E-state index is -0.103. The third-order valence-corrected chi connectivity index (χ3v) is 7.28. The van der Waals surface area contributed by atoms with Crippen molar-refractivity contribution in [3.05, 3.63) is 132 Å². The second-order valence-electron chi connectivity index (χ2n) is 10.2. The van der Waals surface area contributed by atoms with Gasteiger partial charge in [0.25, 0.3) is 0 Å². The maximum atomic E-state index is 7.00. The second-order valence-corrected chi connectivity index (χ2v) is 10.2. The lowest BCUT2D eigenvalue weighted by Gasteiger charge is -2.28. The van der Waals surface area contributed by atoms with Crippen LogP contribution in [0.25, 0.3) is 0 Å². The number of rotatable bonds is 14. The zero-order chi connectivity index (χ0) is 26.0. The van der Waals surface area contributed by atoms with Crippen molar-refractivity contribution in [3.63, 3.8) is 0 Å². The lowest BCUT2D eigenvalue weighted by molar-refractivity contribution is 0.00120. The molecule has 0 aliphatic heterocycles. The van der Waals surface area contributed by atoms with E-state index in [0.29, 0.717) is 6.04 Å². The van der Waals surface area contributed by atoms with Crippen LogP contribution in [0.15, 0.2) is 109 Å². The molecule has 1 fully saturated rings. The zero-order valence-corrected chi connectivity index (χ0v) is 22.3. The van der Waals surface area contributed by atoms with Gasteiger partial charge in [-0.15, -0.1) is 0 Å². The minimum absolute atomic E-state index is 0.0877. The first-order chi connectivity index (χ1) is 18.8. The highest BCUT2D eigenvalue weighted by molar-refractivity contribution is 5.31. The summed E-state index contributed by atoms with van der Waals surface area (Å²) >= 11 is 0. The summed E-state index contributed by atoms with van der Waals surface area (Å²) in [5, 5.41) is 0. The van der Waals surface area contributed by atoms with Crippen LogP contribution in [-0.2, 0) is 17.7 Å². The molecule has 38 heavy (non-hydrogen) atoms. The van der Waals surface area contributed by atoms with Gasteiger partial charge in [-0.3, -0.25) is 9.88 Å². The van der Waals surface area contributed by atoms with Crippen molar-refractivity contribution in [1.82, 2.24) is 9.88 Å². The van der Waals surface area contributed by atoms with Crippen LogP contribution in [0.5, 0.6) is 5.75 Å². The molecule has 3 aromatic carbocycles. The summed E-state index contributed by atoms with van der Waals surface area (Å²) in [6, 6.07) is 36.5. The van der Waals surface area contributed by atoms with Crippen LogP contribution in [0.2, 0.25) is 0 Å². The highest BCUT2D eigenvalue weighted by Crippen LogP contribution is 2.31. The number of hydrogen-bond donors (Lipinski definition) is 0. The van der Waals surface area contributed by atoms with Gasteiger partial charge in [0.05, 0.1) is 18.9 Å². The molecular weight excluding hydrogens is 468 g/mol. The van der Waals surface area contributed by atoms with E-state index in [2.05, 4.69) is 94.8 Å².